The first-order chi connectivity index (χ1) is 12.9. The van der Waals surface area contributed by atoms with Gasteiger partial charge in [0, 0.05) is 18.3 Å². The highest BCUT2D eigenvalue weighted by Crippen LogP contribution is 2.49. The predicted octanol–water partition coefficient (Wildman–Crippen LogP) is 4.26. The highest BCUT2D eigenvalue weighted by atomic mass is 16.5. The fourth-order valence-electron chi connectivity index (χ4n) is 4.98. The first-order valence-corrected chi connectivity index (χ1v) is 11.0. The van der Waals surface area contributed by atoms with Crippen LogP contribution in [0.15, 0.2) is 23.4 Å². The topological polar surface area (TPSA) is 55.6 Å². The van der Waals surface area contributed by atoms with Crippen LogP contribution in [0, 0.1) is 23.7 Å². The lowest BCUT2D eigenvalue weighted by Crippen LogP contribution is -2.47. The highest BCUT2D eigenvalue weighted by molar-refractivity contribution is 5.76. The van der Waals surface area contributed by atoms with Gasteiger partial charge in [0.05, 0.1) is 18.6 Å². The van der Waals surface area contributed by atoms with E-state index in [0.717, 1.165) is 13.0 Å². The molecule has 0 radical (unpaired) electrons. The first-order valence-electron chi connectivity index (χ1n) is 11.0. The molecular formula is C23H38N2O2. The summed E-state index contributed by atoms with van der Waals surface area (Å²) in [5.41, 5.74) is 9.43. The van der Waals surface area contributed by atoms with Crippen molar-refractivity contribution in [2.24, 2.45) is 29.4 Å². The molecule has 27 heavy (non-hydrogen) atoms. The van der Waals surface area contributed by atoms with Gasteiger partial charge in [0.25, 0.3) is 0 Å². The summed E-state index contributed by atoms with van der Waals surface area (Å²) in [5.74, 6) is 1.25. The molecule has 152 valence electrons. The van der Waals surface area contributed by atoms with Gasteiger partial charge in [0.15, 0.2) is 0 Å². The van der Waals surface area contributed by atoms with E-state index in [1.54, 1.807) is 0 Å². The van der Waals surface area contributed by atoms with Gasteiger partial charge in [-0.2, -0.15) is 0 Å². The molecule has 2 fully saturated rings. The number of carbonyl (C=O) groups is 1. The normalized spacial score (nSPS) is 31.3. The molecule has 3 rings (SSSR count). The molecule has 0 saturated heterocycles. The van der Waals surface area contributed by atoms with Gasteiger partial charge in [-0.25, -0.2) is 0 Å². The maximum Gasteiger partial charge on any atom is 0.309 e. The smallest absolute Gasteiger partial charge is 0.309 e. The van der Waals surface area contributed by atoms with E-state index in [-0.39, 0.29) is 23.8 Å². The first kappa shape index (κ1) is 20.4. The molecule has 3 aliphatic rings. The van der Waals surface area contributed by atoms with Crippen molar-refractivity contribution in [3.05, 3.63) is 23.4 Å². The molecule has 4 unspecified atom stereocenters. The number of allylic oxidation sites excluding steroid dienone is 2. The van der Waals surface area contributed by atoms with Crippen LogP contribution in [0.25, 0.3) is 0 Å². The summed E-state index contributed by atoms with van der Waals surface area (Å²) in [5, 5.41) is 0. The number of ether oxygens (including phenoxy) is 1. The molecule has 0 bridgehead atoms. The summed E-state index contributed by atoms with van der Waals surface area (Å²) >= 11 is 0. The number of rotatable bonds is 7. The lowest BCUT2D eigenvalue weighted by atomic mass is 9.82. The number of hydrogen-bond donors (Lipinski definition) is 1. The number of nitrogens with zero attached hydrogens (tertiary/aromatic N) is 1. The Balaban J connectivity index is 1.77. The average Bonchev–Trinajstić information content (AvgIpc) is 3.44. The molecule has 0 aliphatic heterocycles. The third-order valence-corrected chi connectivity index (χ3v) is 6.57. The monoisotopic (exact) mass is 374 g/mol. The van der Waals surface area contributed by atoms with Gasteiger partial charge in [-0.3, -0.25) is 4.79 Å². The summed E-state index contributed by atoms with van der Waals surface area (Å²) in [6, 6.07) is 0.655. The van der Waals surface area contributed by atoms with Crippen molar-refractivity contribution in [1.29, 1.82) is 0 Å². The van der Waals surface area contributed by atoms with Gasteiger partial charge in [-0.1, -0.05) is 51.7 Å². The number of esters is 1. The Bertz CT molecular complexity index is 589. The third kappa shape index (κ3) is 4.59. The Morgan fingerprint density at radius 3 is 2.59 bits per heavy atom. The molecule has 4 heteroatoms. The molecule has 0 amide bonds. The van der Waals surface area contributed by atoms with E-state index in [0.29, 0.717) is 24.5 Å². The fourth-order valence-corrected chi connectivity index (χ4v) is 4.98. The van der Waals surface area contributed by atoms with Crippen molar-refractivity contribution < 1.29 is 9.53 Å². The zero-order valence-corrected chi connectivity index (χ0v) is 17.6. The maximum absolute atomic E-state index is 12.0. The van der Waals surface area contributed by atoms with Crippen LogP contribution in [0.2, 0.25) is 0 Å². The van der Waals surface area contributed by atoms with Crippen LogP contribution in [0.3, 0.4) is 0 Å². The SMILES string of the molecule is CCOC(=O)C1CC1C1=CC=C(N(CC(C)C)C2CCCCC2)C(N)C1C. The van der Waals surface area contributed by atoms with E-state index in [1.165, 1.54) is 43.4 Å². The van der Waals surface area contributed by atoms with Crippen molar-refractivity contribution in [2.75, 3.05) is 13.2 Å². The lowest BCUT2D eigenvalue weighted by molar-refractivity contribution is -0.144. The molecule has 4 atom stereocenters. The van der Waals surface area contributed by atoms with Crippen molar-refractivity contribution >= 4 is 5.97 Å². The molecule has 0 aromatic carbocycles. The zero-order valence-electron chi connectivity index (χ0n) is 17.6. The average molecular weight is 375 g/mol. The summed E-state index contributed by atoms with van der Waals surface area (Å²) in [6.45, 7) is 10.2. The van der Waals surface area contributed by atoms with Crippen LogP contribution in [-0.2, 0) is 9.53 Å². The van der Waals surface area contributed by atoms with Crippen molar-refractivity contribution in [1.82, 2.24) is 4.90 Å². The predicted molar refractivity (Wildman–Crippen MR) is 110 cm³/mol. The second kappa shape index (κ2) is 8.81. The minimum atomic E-state index is -0.0393. The molecule has 0 aromatic rings. The number of hydrogen-bond acceptors (Lipinski definition) is 4. The van der Waals surface area contributed by atoms with Crippen molar-refractivity contribution in [3.63, 3.8) is 0 Å². The van der Waals surface area contributed by atoms with E-state index in [1.807, 2.05) is 6.92 Å². The minimum absolute atomic E-state index is 0.0223. The lowest BCUT2D eigenvalue weighted by Gasteiger charge is -2.43. The van der Waals surface area contributed by atoms with E-state index >= 15 is 0 Å². The van der Waals surface area contributed by atoms with Gasteiger partial charge in [0.2, 0.25) is 0 Å². The van der Waals surface area contributed by atoms with Crippen LogP contribution in [0.5, 0.6) is 0 Å². The highest BCUT2D eigenvalue weighted by Gasteiger charge is 2.48. The molecular weight excluding hydrogens is 336 g/mol. The van der Waals surface area contributed by atoms with Crippen LogP contribution < -0.4 is 5.73 Å². The van der Waals surface area contributed by atoms with Gasteiger partial charge < -0.3 is 15.4 Å². The Kier molecular flexibility index (Phi) is 6.67. The third-order valence-electron chi connectivity index (χ3n) is 6.57. The van der Waals surface area contributed by atoms with E-state index in [4.69, 9.17) is 10.5 Å². The largest absolute Gasteiger partial charge is 0.466 e. The molecule has 0 aromatic heterocycles. The van der Waals surface area contributed by atoms with Crippen LogP contribution >= 0.6 is 0 Å². The van der Waals surface area contributed by atoms with E-state index < -0.39 is 0 Å². The van der Waals surface area contributed by atoms with Gasteiger partial charge in [-0.05, 0) is 50.0 Å². The van der Waals surface area contributed by atoms with Gasteiger partial charge in [0.1, 0.15) is 0 Å². The molecule has 4 nitrogen and oxygen atoms in total. The number of carbonyl (C=O) groups excluding carboxylic acids is 1. The molecule has 0 heterocycles. The van der Waals surface area contributed by atoms with Crippen LogP contribution in [-0.4, -0.2) is 36.1 Å². The summed E-state index contributed by atoms with van der Waals surface area (Å²) in [4.78, 5) is 14.7. The van der Waals surface area contributed by atoms with Crippen molar-refractivity contribution in [2.45, 2.75) is 78.3 Å². The Morgan fingerprint density at radius 2 is 1.96 bits per heavy atom. The Morgan fingerprint density at radius 1 is 1.26 bits per heavy atom. The molecule has 0 spiro atoms. The maximum atomic E-state index is 12.0. The minimum Gasteiger partial charge on any atom is -0.466 e. The summed E-state index contributed by atoms with van der Waals surface area (Å²) in [6.07, 6.45) is 12.1. The quantitative estimate of drug-likeness (QED) is 0.676. The zero-order chi connectivity index (χ0) is 19.6. The Hall–Kier alpha value is -1.29. The van der Waals surface area contributed by atoms with Gasteiger partial charge in [-0.15, -0.1) is 0 Å². The molecule has 2 N–H and O–H groups in total. The van der Waals surface area contributed by atoms with Crippen LogP contribution in [0.1, 0.15) is 66.2 Å². The second-order valence-corrected chi connectivity index (χ2v) is 9.11. The number of nitrogens with two attached hydrogens (primary N) is 1. The van der Waals surface area contributed by atoms with E-state index in [2.05, 4.69) is 37.8 Å². The fraction of sp³-hybridized carbons (Fsp3) is 0.783. The van der Waals surface area contributed by atoms with Crippen molar-refractivity contribution in [3.8, 4) is 0 Å². The standard InChI is InChI=1S/C23H38N2O2/c1-5-27-23(26)20-13-19(20)18-11-12-21(22(24)16(18)4)25(14-15(2)3)17-9-7-6-8-10-17/h11-12,15-17,19-20,22H,5-10,13-14,24H2,1-4H3. The van der Waals surface area contributed by atoms with Crippen LogP contribution in [0.4, 0.5) is 0 Å². The van der Waals surface area contributed by atoms with E-state index in [9.17, 15) is 4.79 Å². The summed E-state index contributed by atoms with van der Waals surface area (Å²) < 4.78 is 5.21. The molecule has 3 aliphatic carbocycles. The second-order valence-electron chi connectivity index (χ2n) is 9.11. The molecule has 2 saturated carbocycles. The summed E-state index contributed by atoms with van der Waals surface area (Å²) in [7, 11) is 0. The van der Waals surface area contributed by atoms with Gasteiger partial charge >= 0.3 is 5.97 Å². The Labute approximate surface area is 165 Å².